The van der Waals surface area contributed by atoms with E-state index in [0.717, 1.165) is 82.9 Å². The Labute approximate surface area is 435 Å². The fourth-order valence-corrected chi connectivity index (χ4v) is 11.2. The third-order valence-electron chi connectivity index (χ3n) is 14.6. The monoisotopic (exact) mass is 1020 g/mol. The summed E-state index contributed by atoms with van der Waals surface area (Å²) in [6.45, 7) is 0. The lowest BCUT2D eigenvalue weighted by molar-refractivity contribution is -0.142. The van der Waals surface area contributed by atoms with Gasteiger partial charge < -0.3 is 13.7 Å². The highest BCUT2D eigenvalue weighted by Gasteiger charge is 2.39. The zero-order valence-electron chi connectivity index (χ0n) is 40.4. The van der Waals surface area contributed by atoms with Crippen molar-refractivity contribution in [1.82, 2.24) is 28.7 Å². The molecule has 0 aliphatic heterocycles. The molecule has 0 saturated carbocycles. The Morgan fingerprint density at radius 2 is 0.636 bits per heavy atom. The summed E-state index contributed by atoms with van der Waals surface area (Å²) in [6.07, 6.45) is -10.3. The summed E-state index contributed by atoms with van der Waals surface area (Å²) < 4.78 is 95.9. The van der Waals surface area contributed by atoms with Gasteiger partial charge in [-0.15, -0.1) is 0 Å². The molecule has 0 amide bonds. The van der Waals surface area contributed by atoms with E-state index < -0.39 is 29.0 Å². The number of benzene rings is 10. The van der Waals surface area contributed by atoms with Crippen LogP contribution in [-0.4, -0.2) is 28.7 Å². The number of fused-ring (bicyclic) bond motifs is 9. The smallest absolute Gasteiger partial charge is 0.309 e. The lowest BCUT2D eigenvalue weighted by Crippen LogP contribution is -2.12. The molecule has 10 aromatic carbocycles. The molecule has 0 saturated heterocycles. The molecule has 0 aliphatic carbocycles. The van der Waals surface area contributed by atoms with Crippen molar-refractivity contribution in [2.45, 2.75) is 12.4 Å². The molecule has 0 fully saturated rings. The van der Waals surface area contributed by atoms with E-state index in [0.29, 0.717) is 22.9 Å². The van der Waals surface area contributed by atoms with Crippen molar-refractivity contribution in [2.24, 2.45) is 0 Å². The summed E-state index contributed by atoms with van der Waals surface area (Å²) >= 11 is 0. The largest absolute Gasteiger partial charge is 0.417 e. The molecule has 0 radical (unpaired) electrons. The van der Waals surface area contributed by atoms with Crippen LogP contribution in [0.3, 0.4) is 0 Å². The Kier molecular flexibility index (Phi) is 10.3. The van der Waals surface area contributed by atoms with Crippen molar-refractivity contribution in [3.63, 3.8) is 0 Å². The fourth-order valence-electron chi connectivity index (χ4n) is 11.2. The Balaban J connectivity index is 1.06. The summed E-state index contributed by atoms with van der Waals surface area (Å²) in [5.74, 6) is 0.544. The van der Waals surface area contributed by atoms with Crippen LogP contribution in [0.15, 0.2) is 231 Å². The zero-order valence-corrected chi connectivity index (χ0v) is 40.4. The van der Waals surface area contributed by atoms with Crippen LogP contribution in [0, 0.1) is 0 Å². The van der Waals surface area contributed by atoms with Crippen molar-refractivity contribution in [1.29, 1.82) is 0 Å². The Hall–Kier alpha value is -9.81. The van der Waals surface area contributed by atoms with Crippen LogP contribution in [0.2, 0.25) is 0 Å². The average Bonchev–Trinajstić information content (AvgIpc) is 4.22. The number of hydrogen-bond acceptors (Lipinski definition) is 3. The van der Waals surface area contributed by atoms with Gasteiger partial charge in [0.2, 0.25) is 0 Å². The predicted molar refractivity (Wildman–Crippen MR) is 295 cm³/mol. The van der Waals surface area contributed by atoms with Crippen LogP contribution in [0.1, 0.15) is 11.1 Å². The molecule has 0 spiro atoms. The predicted octanol–water partition coefficient (Wildman–Crippen LogP) is 17.9. The number of alkyl halides is 6. The van der Waals surface area contributed by atoms with Gasteiger partial charge in [0.15, 0.2) is 17.5 Å². The molecule has 14 aromatic rings. The molecular weight excluding hydrogens is 979 g/mol. The quantitative estimate of drug-likeness (QED) is 0.150. The van der Waals surface area contributed by atoms with Crippen molar-refractivity contribution in [3.05, 3.63) is 242 Å². The highest BCUT2D eigenvalue weighted by Crippen LogP contribution is 2.46. The van der Waals surface area contributed by atoms with Crippen molar-refractivity contribution >= 4 is 65.4 Å². The zero-order chi connectivity index (χ0) is 52.2. The lowest BCUT2D eigenvalue weighted by Gasteiger charge is -2.20. The average molecular weight is 1020 g/mol. The molecule has 0 atom stereocenters. The van der Waals surface area contributed by atoms with E-state index in [1.807, 2.05) is 138 Å². The number of hydrogen-bond donors (Lipinski definition) is 0. The van der Waals surface area contributed by atoms with E-state index >= 15 is 13.2 Å². The minimum Gasteiger partial charge on any atom is -0.309 e. The summed E-state index contributed by atoms with van der Waals surface area (Å²) in [6, 6.07) is 70.5. The number of halogens is 6. The summed E-state index contributed by atoms with van der Waals surface area (Å²) in [7, 11) is 0. The number of para-hydroxylation sites is 4. The maximum absolute atomic E-state index is 15.5. The van der Waals surface area contributed by atoms with Crippen LogP contribution in [0.5, 0.6) is 0 Å². The number of nitrogens with zero attached hydrogens (tertiary/aromatic N) is 6. The van der Waals surface area contributed by atoms with Crippen molar-refractivity contribution < 1.29 is 26.3 Å². The highest BCUT2D eigenvalue weighted by atomic mass is 19.4. The van der Waals surface area contributed by atoms with Gasteiger partial charge in [-0.05, 0) is 102 Å². The third kappa shape index (κ3) is 7.54. The molecule has 12 heteroatoms. The van der Waals surface area contributed by atoms with E-state index in [1.165, 1.54) is 0 Å². The Bertz CT molecular complexity index is 4330. The van der Waals surface area contributed by atoms with E-state index in [4.69, 9.17) is 15.0 Å². The minimum absolute atomic E-state index is 0.0288. The Morgan fingerprint density at radius 1 is 0.273 bits per heavy atom. The van der Waals surface area contributed by atoms with Gasteiger partial charge in [0.05, 0.1) is 44.2 Å². The molecule has 0 N–H and O–H groups in total. The Morgan fingerprint density at radius 3 is 1.06 bits per heavy atom. The van der Waals surface area contributed by atoms with Crippen LogP contribution in [0.25, 0.3) is 128 Å². The third-order valence-corrected chi connectivity index (χ3v) is 14.6. The maximum atomic E-state index is 15.5. The first kappa shape index (κ1) is 45.8. The number of rotatable bonds is 7. The van der Waals surface area contributed by atoms with Gasteiger partial charge >= 0.3 is 12.4 Å². The van der Waals surface area contributed by atoms with Gasteiger partial charge in [-0.25, -0.2) is 15.0 Å². The van der Waals surface area contributed by atoms with Crippen molar-refractivity contribution in [3.8, 4) is 62.4 Å². The summed E-state index contributed by atoms with van der Waals surface area (Å²) in [5, 5.41) is 6.10. The SMILES string of the molecule is FC(F)(F)c1ccc(-c2cc(-n3c4ccc(-n5c6ccccc6c6ccccc65)cc4c4cc(-n5c6ccccc6c6ccccc65)ccc43)ccc2-c2nc(-c3ccccc3)nc(-c3ccccc3)n2)c(C(F)(F)F)c1. The minimum atomic E-state index is -5.20. The standard InChI is InChI=1S/C65H38F6N6/c66-64(67,68)41-27-31-45(54(35-41)65(69,70)71)51-36-42(28-32-50(51)63-73-61(39-15-3-1-4-16-39)72-62(74-63)40-17-5-2-6-18-40)77-59-33-29-43(75-55-23-11-7-19-46(55)47-20-8-12-24-56(47)75)37-52(59)53-38-44(30-34-60(53)77)76-57-25-13-9-21-48(57)49-22-10-14-26-58(49)76/h1-38H. The first-order valence-corrected chi connectivity index (χ1v) is 24.8. The molecule has 0 bridgehead atoms. The van der Waals surface area contributed by atoms with Gasteiger partial charge in [0.1, 0.15) is 0 Å². The number of aromatic nitrogens is 6. The first-order chi connectivity index (χ1) is 37.5. The normalized spacial score (nSPS) is 12.3. The van der Waals surface area contributed by atoms with E-state index in [-0.39, 0.29) is 34.7 Å². The summed E-state index contributed by atoms with van der Waals surface area (Å²) in [4.78, 5) is 14.6. The van der Waals surface area contributed by atoms with E-state index in [9.17, 15) is 13.2 Å². The van der Waals surface area contributed by atoms with Crippen LogP contribution >= 0.6 is 0 Å². The molecule has 4 heterocycles. The second kappa shape index (κ2) is 17.4. The molecule has 4 aromatic heterocycles. The molecule has 0 unspecified atom stereocenters. The van der Waals surface area contributed by atoms with E-state index in [2.05, 4.69) is 69.8 Å². The topological polar surface area (TPSA) is 53.5 Å². The lowest BCUT2D eigenvalue weighted by atomic mass is 9.92. The van der Waals surface area contributed by atoms with Crippen molar-refractivity contribution in [2.75, 3.05) is 0 Å². The molecular formula is C65H38F6N6. The second-order valence-corrected chi connectivity index (χ2v) is 19.0. The molecule has 0 aliphatic rings. The highest BCUT2D eigenvalue weighted by molar-refractivity contribution is 6.14. The maximum Gasteiger partial charge on any atom is 0.417 e. The fraction of sp³-hybridized carbons (Fsp3) is 0.0308. The van der Waals surface area contributed by atoms with Gasteiger partial charge in [-0.1, -0.05) is 140 Å². The van der Waals surface area contributed by atoms with E-state index in [1.54, 1.807) is 18.2 Å². The first-order valence-electron chi connectivity index (χ1n) is 24.8. The van der Waals surface area contributed by atoms with Crippen LogP contribution in [0.4, 0.5) is 26.3 Å². The van der Waals surface area contributed by atoms with Gasteiger partial charge in [0.25, 0.3) is 0 Å². The molecule has 77 heavy (non-hydrogen) atoms. The van der Waals surface area contributed by atoms with Gasteiger partial charge in [-0.3, -0.25) is 0 Å². The summed E-state index contributed by atoms with van der Waals surface area (Å²) in [5.41, 5.74) is 5.80. The van der Waals surface area contributed by atoms with Gasteiger partial charge in [0, 0.05) is 66.1 Å². The second-order valence-electron chi connectivity index (χ2n) is 19.0. The van der Waals surface area contributed by atoms with Gasteiger partial charge in [-0.2, -0.15) is 26.3 Å². The molecule has 6 nitrogen and oxygen atoms in total. The van der Waals surface area contributed by atoms with Crippen LogP contribution in [-0.2, 0) is 12.4 Å². The molecule has 370 valence electrons. The molecule has 14 rings (SSSR count). The van der Waals surface area contributed by atoms with Crippen LogP contribution < -0.4 is 0 Å².